The molecule has 0 aliphatic carbocycles. The van der Waals surface area contributed by atoms with Gasteiger partial charge in [0.25, 0.3) is 5.91 Å². The second-order valence-electron chi connectivity index (χ2n) is 6.59. The summed E-state index contributed by atoms with van der Waals surface area (Å²) in [4.78, 5) is 24.5. The third-order valence-electron chi connectivity index (χ3n) is 4.40. The molecule has 158 valence electrons. The molecule has 1 N–H and O–H groups in total. The fraction of sp³-hybridized carbons (Fsp3) is 0.125. The molecule has 3 aromatic rings. The van der Waals surface area contributed by atoms with Gasteiger partial charge in [-0.25, -0.2) is 10.2 Å². The van der Waals surface area contributed by atoms with Crippen LogP contribution < -0.4 is 19.6 Å². The molecule has 0 aliphatic heterocycles. The van der Waals surface area contributed by atoms with Crippen LogP contribution in [0.25, 0.3) is 0 Å². The van der Waals surface area contributed by atoms with E-state index in [1.54, 1.807) is 67.8 Å². The smallest absolute Gasteiger partial charge is 0.343 e. The van der Waals surface area contributed by atoms with Gasteiger partial charge in [-0.05, 0) is 78.7 Å². The first-order chi connectivity index (χ1) is 15.0. The topological polar surface area (TPSA) is 86.2 Å². The average molecular weight is 418 g/mol. The van der Waals surface area contributed by atoms with Gasteiger partial charge in [-0.1, -0.05) is 6.07 Å². The van der Waals surface area contributed by atoms with Crippen molar-refractivity contribution in [1.82, 2.24) is 5.43 Å². The Morgan fingerprint density at radius 2 is 1.55 bits per heavy atom. The summed E-state index contributed by atoms with van der Waals surface area (Å²) in [5, 5.41) is 3.97. The van der Waals surface area contributed by atoms with Crippen molar-refractivity contribution in [3.05, 3.63) is 89.0 Å². The second-order valence-corrected chi connectivity index (χ2v) is 6.59. The number of benzene rings is 3. The first-order valence-electron chi connectivity index (χ1n) is 9.44. The zero-order valence-electron chi connectivity index (χ0n) is 17.4. The molecular weight excluding hydrogens is 396 g/mol. The number of nitrogens with one attached hydrogen (secondary N) is 1. The van der Waals surface area contributed by atoms with Crippen LogP contribution in [0, 0.1) is 6.92 Å². The normalized spacial score (nSPS) is 10.5. The number of hydrogen-bond acceptors (Lipinski definition) is 6. The number of carbonyl (C=O) groups excluding carboxylic acids is 2. The molecule has 0 spiro atoms. The van der Waals surface area contributed by atoms with Gasteiger partial charge in [-0.3, -0.25) is 4.79 Å². The van der Waals surface area contributed by atoms with Gasteiger partial charge in [0.2, 0.25) is 0 Å². The first kappa shape index (κ1) is 21.6. The lowest BCUT2D eigenvalue weighted by Crippen LogP contribution is -2.18. The van der Waals surface area contributed by atoms with Crippen LogP contribution in [-0.2, 0) is 0 Å². The Morgan fingerprint density at radius 1 is 0.871 bits per heavy atom. The fourth-order valence-corrected chi connectivity index (χ4v) is 2.73. The van der Waals surface area contributed by atoms with Crippen LogP contribution in [0.15, 0.2) is 71.8 Å². The Balaban J connectivity index is 1.58. The predicted octanol–water partition coefficient (Wildman–Crippen LogP) is 4.00. The van der Waals surface area contributed by atoms with Crippen LogP contribution in [0.2, 0.25) is 0 Å². The Kier molecular flexibility index (Phi) is 7.01. The SMILES string of the molecule is COc1ccc(C(=O)Oc2ccc(/C=N\NC(=O)c3ccc(C)cc3OC)cc2)cc1. The molecular formula is C24H22N2O5. The Bertz CT molecular complexity index is 1090. The van der Waals surface area contributed by atoms with Crippen molar-refractivity contribution in [1.29, 1.82) is 0 Å². The summed E-state index contributed by atoms with van der Waals surface area (Å²) in [6, 6.07) is 18.7. The molecule has 0 atom stereocenters. The van der Waals surface area contributed by atoms with E-state index in [4.69, 9.17) is 14.2 Å². The lowest BCUT2D eigenvalue weighted by Gasteiger charge is -2.07. The molecule has 0 fully saturated rings. The van der Waals surface area contributed by atoms with E-state index in [9.17, 15) is 9.59 Å². The van der Waals surface area contributed by atoms with Crippen LogP contribution >= 0.6 is 0 Å². The standard InChI is InChI=1S/C24H22N2O5/c1-16-4-13-21(22(14-16)30-3)23(27)26-25-15-17-5-9-20(10-6-17)31-24(28)18-7-11-19(29-2)12-8-18/h4-15H,1-3H3,(H,26,27)/b25-15-. The largest absolute Gasteiger partial charge is 0.497 e. The minimum absolute atomic E-state index is 0.377. The molecule has 3 aromatic carbocycles. The van der Waals surface area contributed by atoms with Gasteiger partial charge in [0.1, 0.15) is 17.2 Å². The number of rotatable bonds is 7. The van der Waals surface area contributed by atoms with Crippen LogP contribution in [0.1, 0.15) is 31.8 Å². The molecule has 7 nitrogen and oxygen atoms in total. The average Bonchev–Trinajstić information content (AvgIpc) is 2.80. The molecule has 1 amide bonds. The van der Waals surface area contributed by atoms with Crippen molar-refractivity contribution in [3.8, 4) is 17.2 Å². The third-order valence-corrected chi connectivity index (χ3v) is 4.40. The van der Waals surface area contributed by atoms with Gasteiger partial charge in [0.05, 0.1) is 31.6 Å². The Morgan fingerprint density at radius 3 is 2.19 bits per heavy atom. The summed E-state index contributed by atoms with van der Waals surface area (Å²) in [6.07, 6.45) is 1.49. The van der Waals surface area contributed by atoms with Gasteiger partial charge < -0.3 is 14.2 Å². The van der Waals surface area contributed by atoms with Crippen LogP contribution in [0.3, 0.4) is 0 Å². The van der Waals surface area contributed by atoms with E-state index in [0.717, 1.165) is 11.1 Å². The highest BCUT2D eigenvalue weighted by molar-refractivity contribution is 5.97. The minimum atomic E-state index is -0.469. The quantitative estimate of drug-likeness (QED) is 0.271. The van der Waals surface area contributed by atoms with Crippen molar-refractivity contribution in [3.63, 3.8) is 0 Å². The van der Waals surface area contributed by atoms with E-state index in [1.807, 2.05) is 13.0 Å². The fourth-order valence-electron chi connectivity index (χ4n) is 2.73. The predicted molar refractivity (Wildman–Crippen MR) is 117 cm³/mol. The number of hydrogen-bond donors (Lipinski definition) is 1. The molecule has 0 heterocycles. The van der Waals surface area contributed by atoms with E-state index in [2.05, 4.69) is 10.5 Å². The maximum absolute atomic E-state index is 12.3. The van der Waals surface area contributed by atoms with Gasteiger partial charge in [0, 0.05) is 0 Å². The maximum Gasteiger partial charge on any atom is 0.343 e. The number of amides is 1. The van der Waals surface area contributed by atoms with Crippen LogP contribution in [0.5, 0.6) is 17.2 Å². The number of nitrogens with zero attached hydrogens (tertiary/aromatic N) is 1. The van der Waals surface area contributed by atoms with Crippen LogP contribution in [0.4, 0.5) is 0 Å². The Labute approximate surface area is 180 Å². The Hall–Kier alpha value is -4.13. The highest BCUT2D eigenvalue weighted by atomic mass is 16.5. The monoisotopic (exact) mass is 418 g/mol. The zero-order chi connectivity index (χ0) is 22.2. The van der Waals surface area contributed by atoms with E-state index in [0.29, 0.717) is 28.4 Å². The molecule has 0 radical (unpaired) electrons. The van der Waals surface area contributed by atoms with Crippen molar-refractivity contribution >= 4 is 18.1 Å². The van der Waals surface area contributed by atoms with E-state index in [1.165, 1.54) is 13.3 Å². The van der Waals surface area contributed by atoms with Gasteiger partial charge in [-0.15, -0.1) is 0 Å². The van der Waals surface area contributed by atoms with Crippen molar-refractivity contribution in [2.75, 3.05) is 14.2 Å². The van der Waals surface area contributed by atoms with E-state index >= 15 is 0 Å². The number of carbonyl (C=O) groups is 2. The van der Waals surface area contributed by atoms with Gasteiger partial charge in [0.15, 0.2) is 0 Å². The number of hydrazone groups is 1. The minimum Gasteiger partial charge on any atom is -0.497 e. The molecule has 3 rings (SSSR count). The maximum atomic E-state index is 12.3. The first-order valence-corrected chi connectivity index (χ1v) is 9.44. The molecule has 7 heteroatoms. The summed E-state index contributed by atoms with van der Waals surface area (Å²) in [5.41, 5.74) is 5.00. The summed E-state index contributed by atoms with van der Waals surface area (Å²) in [7, 11) is 3.07. The highest BCUT2D eigenvalue weighted by Crippen LogP contribution is 2.20. The molecule has 0 saturated heterocycles. The highest BCUT2D eigenvalue weighted by Gasteiger charge is 2.11. The lowest BCUT2D eigenvalue weighted by atomic mass is 10.1. The van der Waals surface area contributed by atoms with Gasteiger partial charge >= 0.3 is 5.97 Å². The number of methoxy groups -OCH3 is 2. The third kappa shape index (κ3) is 5.70. The summed E-state index contributed by atoms with van der Waals surface area (Å²) in [5.74, 6) is 0.691. The number of ether oxygens (including phenoxy) is 3. The van der Waals surface area contributed by atoms with Crippen molar-refractivity contribution < 1.29 is 23.8 Å². The molecule has 0 aromatic heterocycles. The summed E-state index contributed by atoms with van der Waals surface area (Å²) < 4.78 is 15.7. The molecule has 0 bridgehead atoms. The summed E-state index contributed by atoms with van der Waals surface area (Å²) in [6.45, 7) is 1.92. The molecule has 31 heavy (non-hydrogen) atoms. The van der Waals surface area contributed by atoms with Crippen molar-refractivity contribution in [2.45, 2.75) is 6.92 Å². The zero-order valence-corrected chi connectivity index (χ0v) is 17.4. The van der Waals surface area contributed by atoms with E-state index < -0.39 is 5.97 Å². The molecule has 0 saturated carbocycles. The summed E-state index contributed by atoms with van der Waals surface area (Å²) >= 11 is 0. The second kappa shape index (κ2) is 10.1. The molecule has 0 unspecified atom stereocenters. The van der Waals surface area contributed by atoms with Gasteiger partial charge in [-0.2, -0.15) is 5.10 Å². The van der Waals surface area contributed by atoms with E-state index in [-0.39, 0.29) is 5.91 Å². The number of aryl methyl sites for hydroxylation is 1. The lowest BCUT2D eigenvalue weighted by molar-refractivity contribution is 0.0734. The van der Waals surface area contributed by atoms with Crippen molar-refractivity contribution in [2.24, 2.45) is 5.10 Å². The van der Waals surface area contributed by atoms with Crippen LogP contribution in [-0.4, -0.2) is 32.3 Å². The molecule has 0 aliphatic rings. The number of esters is 1.